The molecule has 0 aliphatic rings. The maximum absolute atomic E-state index is 11.3. The Morgan fingerprint density at radius 3 is 2.62 bits per heavy atom. The molecule has 16 heavy (non-hydrogen) atoms. The van der Waals surface area contributed by atoms with Crippen molar-refractivity contribution < 1.29 is 10.0 Å². The van der Waals surface area contributed by atoms with Gasteiger partial charge in [0.05, 0.1) is 10.0 Å². The van der Waals surface area contributed by atoms with Crippen LogP contribution in [0.5, 0.6) is 0 Å². The van der Waals surface area contributed by atoms with Crippen LogP contribution >= 0.6 is 46.1 Å². The average Bonchev–Trinajstić information content (AvgIpc) is 2.54. The van der Waals surface area contributed by atoms with Gasteiger partial charge in [-0.2, -0.15) is 0 Å². The smallest absolute Gasteiger partial charge is 0.286 e. The van der Waals surface area contributed by atoms with Gasteiger partial charge in [0.1, 0.15) is 4.88 Å². The fraction of sp³-hybridized carbons (Fsp3) is 0. The zero-order valence-corrected chi connectivity index (χ0v) is 10.6. The summed E-state index contributed by atoms with van der Waals surface area (Å²) < 4.78 is 0.695. The van der Waals surface area contributed by atoms with Crippen LogP contribution in [-0.4, -0.2) is 11.1 Å². The van der Waals surface area contributed by atoms with Crippen LogP contribution in [0, 0.1) is 0 Å². The van der Waals surface area contributed by atoms with Crippen molar-refractivity contribution in [3.8, 4) is 0 Å². The number of fused-ring (bicyclic) bond motifs is 1. The van der Waals surface area contributed by atoms with Gasteiger partial charge in [-0.25, -0.2) is 5.48 Å². The van der Waals surface area contributed by atoms with Gasteiger partial charge in [0, 0.05) is 15.1 Å². The minimum Gasteiger partial charge on any atom is -0.288 e. The highest BCUT2D eigenvalue weighted by Gasteiger charge is 2.18. The van der Waals surface area contributed by atoms with Crippen LogP contribution < -0.4 is 5.48 Å². The average molecular weight is 297 g/mol. The minimum absolute atomic E-state index is 0.198. The Balaban J connectivity index is 2.78. The van der Waals surface area contributed by atoms with E-state index in [1.807, 2.05) is 0 Å². The largest absolute Gasteiger partial charge is 0.288 e. The highest BCUT2D eigenvalue weighted by Crippen LogP contribution is 2.40. The van der Waals surface area contributed by atoms with E-state index in [0.29, 0.717) is 20.1 Å². The van der Waals surface area contributed by atoms with Crippen molar-refractivity contribution in [1.82, 2.24) is 5.48 Å². The number of amides is 1. The zero-order chi connectivity index (χ0) is 11.9. The molecule has 7 heteroatoms. The van der Waals surface area contributed by atoms with Crippen molar-refractivity contribution >= 4 is 62.1 Å². The van der Waals surface area contributed by atoms with Crippen LogP contribution in [-0.2, 0) is 0 Å². The minimum atomic E-state index is -0.668. The number of halogens is 3. The van der Waals surface area contributed by atoms with E-state index in [-0.39, 0.29) is 9.90 Å². The monoisotopic (exact) mass is 295 g/mol. The molecule has 0 aliphatic heterocycles. The van der Waals surface area contributed by atoms with Gasteiger partial charge in [-0.3, -0.25) is 10.0 Å². The van der Waals surface area contributed by atoms with E-state index in [9.17, 15) is 4.79 Å². The first-order valence-corrected chi connectivity index (χ1v) is 6.01. The van der Waals surface area contributed by atoms with Gasteiger partial charge in [0.2, 0.25) is 0 Å². The standard InChI is InChI=1S/C9H4Cl3NO2S/c10-3-1-4(11)6-5(2-3)16-8(7(6)12)9(14)13-15/h1-2,15H,(H,13,14). The number of carbonyl (C=O) groups excluding carboxylic acids is 1. The Hall–Kier alpha value is -0.520. The summed E-state index contributed by atoms with van der Waals surface area (Å²) in [5, 5.41) is 10.2. The van der Waals surface area contributed by atoms with Crippen LogP contribution in [0.2, 0.25) is 15.1 Å². The molecule has 0 fully saturated rings. The molecule has 84 valence electrons. The third-order valence-electron chi connectivity index (χ3n) is 1.96. The van der Waals surface area contributed by atoms with Crippen LogP contribution in [0.4, 0.5) is 0 Å². The topological polar surface area (TPSA) is 49.3 Å². The second-order valence-corrected chi connectivity index (χ2v) is 5.22. The molecular formula is C9H4Cl3NO2S. The number of carbonyl (C=O) groups is 1. The summed E-state index contributed by atoms with van der Waals surface area (Å²) in [5.74, 6) is -0.668. The normalized spacial score (nSPS) is 10.8. The Labute approximate surface area is 109 Å². The molecule has 0 atom stereocenters. The number of hydrogen-bond donors (Lipinski definition) is 2. The maximum Gasteiger partial charge on any atom is 0.286 e. The van der Waals surface area contributed by atoms with Gasteiger partial charge in [-0.15, -0.1) is 11.3 Å². The number of rotatable bonds is 1. The van der Waals surface area contributed by atoms with Crippen molar-refractivity contribution in [3.63, 3.8) is 0 Å². The van der Waals surface area contributed by atoms with E-state index in [4.69, 9.17) is 40.0 Å². The van der Waals surface area contributed by atoms with Gasteiger partial charge in [-0.1, -0.05) is 34.8 Å². The fourth-order valence-corrected chi connectivity index (χ4v) is 3.58. The molecule has 2 aromatic rings. The van der Waals surface area contributed by atoms with Crippen molar-refractivity contribution in [2.24, 2.45) is 0 Å². The molecule has 0 saturated heterocycles. The van der Waals surface area contributed by atoms with Crippen LogP contribution in [0.3, 0.4) is 0 Å². The summed E-state index contributed by atoms with van der Waals surface area (Å²) in [6, 6.07) is 3.21. The van der Waals surface area contributed by atoms with Gasteiger partial charge < -0.3 is 0 Å². The molecule has 0 bridgehead atoms. The molecule has 0 saturated carbocycles. The van der Waals surface area contributed by atoms with Gasteiger partial charge in [0.25, 0.3) is 5.91 Å². The lowest BCUT2D eigenvalue weighted by molar-refractivity contribution is 0.0711. The first-order chi connectivity index (χ1) is 7.54. The predicted molar refractivity (Wildman–Crippen MR) is 66.1 cm³/mol. The predicted octanol–water partition coefficient (Wildman–Crippen LogP) is 3.98. The SMILES string of the molecule is O=C(NO)c1sc2cc(Cl)cc(Cl)c2c1Cl. The molecule has 2 N–H and O–H groups in total. The Morgan fingerprint density at radius 2 is 2.00 bits per heavy atom. The van der Waals surface area contributed by atoms with Gasteiger partial charge >= 0.3 is 0 Å². The van der Waals surface area contributed by atoms with E-state index >= 15 is 0 Å². The summed E-state index contributed by atoms with van der Waals surface area (Å²) in [7, 11) is 0. The summed E-state index contributed by atoms with van der Waals surface area (Å²) in [6.07, 6.45) is 0. The lowest BCUT2D eigenvalue weighted by Gasteiger charge is -1.96. The Morgan fingerprint density at radius 1 is 1.31 bits per heavy atom. The molecule has 0 spiro atoms. The van der Waals surface area contributed by atoms with E-state index in [0.717, 1.165) is 11.3 Å². The van der Waals surface area contributed by atoms with Crippen molar-refractivity contribution in [3.05, 3.63) is 32.1 Å². The Bertz CT molecular complexity index is 582. The molecule has 0 aliphatic carbocycles. The van der Waals surface area contributed by atoms with Gasteiger partial charge in [0.15, 0.2) is 0 Å². The van der Waals surface area contributed by atoms with Crippen molar-refractivity contribution in [1.29, 1.82) is 0 Å². The lowest BCUT2D eigenvalue weighted by Crippen LogP contribution is -2.17. The molecule has 0 unspecified atom stereocenters. The molecule has 2 rings (SSSR count). The summed E-state index contributed by atoms with van der Waals surface area (Å²) in [6.45, 7) is 0. The highest BCUT2D eigenvalue weighted by atomic mass is 35.5. The summed E-state index contributed by atoms with van der Waals surface area (Å²) in [5.41, 5.74) is 1.53. The van der Waals surface area contributed by atoms with E-state index in [2.05, 4.69) is 0 Å². The number of thiophene rings is 1. The molecular weight excluding hydrogens is 293 g/mol. The first-order valence-electron chi connectivity index (χ1n) is 4.06. The lowest BCUT2D eigenvalue weighted by atomic mass is 10.2. The van der Waals surface area contributed by atoms with E-state index < -0.39 is 5.91 Å². The van der Waals surface area contributed by atoms with Crippen molar-refractivity contribution in [2.45, 2.75) is 0 Å². The molecule has 1 amide bonds. The first kappa shape index (κ1) is 12.0. The van der Waals surface area contributed by atoms with Crippen LogP contribution in [0.1, 0.15) is 9.67 Å². The number of hydroxylamine groups is 1. The second kappa shape index (κ2) is 4.39. The summed E-state index contributed by atoms with van der Waals surface area (Å²) in [4.78, 5) is 11.5. The molecule has 1 aromatic carbocycles. The van der Waals surface area contributed by atoms with Crippen LogP contribution in [0.15, 0.2) is 12.1 Å². The van der Waals surface area contributed by atoms with Gasteiger partial charge in [-0.05, 0) is 12.1 Å². The van der Waals surface area contributed by atoms with E-state index in [1.165, 1.54) is 5.48 Å². The highest BCUT2D eigenvalue weighted by molar-refractivity contribution is 7.21. The number of hydrogen-bond acceptors (Lipinski definition) is 3. The molecule has 1 aromatic heterocycles. The number of nitrogens with one attached hydrogen (secondary N) is 1. The maximum atomic E-state index is 11.3. The van der Waals surface area contributed by atoms with Crippen LogP contribution in [0.25, 0.3) is 10.1 Å². The third-order valence-corrected chi connectivity index (χ3v) is 4.10. The summed E-state index contributed by atoms with van der Waals surface area (Å²) >= 11 is 18.9. The zero-order valence-electron chi connectivity index (χ0n) is 7.55. The second-order valence-electron chi connectivity index (χ2n) is 2.95. The Kier molecular flexibility index (Phi) is 3.28. The van der Waals surface area contributed by atoms with Crippen molar-refractivity contribution in [2.75, 3.05) is 0 Å². The molecule has 0 radical (unpaired) electrons. The molecule has 1 heterocycles. The quantitative estimate of drug-likeness (QED) is 0.618. The van der Waals surface area contributed by atoms with E-state index in [1.54, 1.807) is 12.1 Å². The molecule has 3 nitrogen and oxygen atoms in total. The number of benzene rings is 1. The fourth-order valence-electron chi connectivity index (χ4n) is 1.31. The third kappa shape index (κ3) is 1.87.